The molecule has 0 saturated heterocycles. The Morgan fingerprint density at radius 3 is 2.61 bits per heavy atom. The minimum Gasteiger partial charge on any atom is -0.494 e. The molecular formula is C15H14BrClO. The predicted octanol–water partition coefficient (Wildman–Crippen LogP) is 5.09. The minimum absolute atomic E-state index is 0.409. The Labute approximate surface area is 124 Å². The summed E-state index contributed by atoms with van der Waals surface area (Å²) in [5.74, 6) is 0.729. The molecule has 2 aromatic carbocycles. The van der Waals surface area contributed by atoms with Crippen LogP contribution in [0.5, 0.6) is 5.75 Å². The maximum atomic E-state index is 8.34. The lowest BCUT2D eigenvalue weighted by molar-refractivity contribution is 0.340. The fraction of sp³-hybridized carbons (Fsp3) is 0.200. The molecule has 1 nitrogen and oxygen atoms in total. The first-order valence-corrected chi connectivity index (χ1v) is 6.81. The van der Waals surface area contributed by atoms with Gasteiger partial charge in [0.1, 0.15) is 5.75 Å². The third kappa shape index (κ3) is 3.50. The van der Waals surface area contributed by atoms with E-state index in [0.717, 1.165) is 10.2 Å². The number of ether oxygens (including phenoxy) is 1. The quantitative estimate of drug-likeness (QED) is 0.760. The molecule has 0 aliphatic carbocycles. The molecule has 18 heavy (non-hydrogen) atoms. The number of rotatable bonds is 4. The van der Waals surface area contributed by atoms with Crippen LogP contribution >= 0.6 is 27.5 Å². The summed E-state index contributed by atoms with van der Waals surface area (Å²) in [5, 5.41) is 0.409. The smallest absolute Gasteiger partial charge is 0.119 e. The molecule has 94 valence electrons. The topological polar surface area (TPSA) is 9.23 Å². The van der Waals surface area contributed by atoms with Crippen molar-refractivity contribution < 1.29 is 7.48 Å². The fourth-order valence-electron chi connectivity index (χ4n) is 1.55. The Balaban J connectivity index is 2.40. The molecule has 0 radical (unpaired) electrons. The highest BCUT2D eigenvalue weighted by Crippen LogP contribution is 2.24. The predicted molar refractivity (Wildman–Crippen MR) is 79.6 cm³/mol. The van der Waals surface area contributed by atoms with Crippen LogP contribution in [0.3, 0.4) is 0 Å². The van der Waals surface area contributed by atoms with Crippen LogP contribution in [0.15, 0.2) is 46.9 Å². The molecule has 0 spiro atoms. The van der Waals surface area contributed by atoms with Gasteiger partial charge in [0.15, 0.2) is 0 Å². The van der Waals surface area contributed by atoms with Gasteiger partial charge in [-0.15, -0.1) is 0 Å². The molecule has 0 aliphatic rings. The molecule has 2 rings (SSSR count). The van der Waals surface area contributed by atoms with Gasteiger partial charge in [-0.25, -0.2) is 0 Å². The average Bonchev–Trinajstić information content (AvgIpc) is 2.42. The Morgan fingerprint density at radius 2 is 1.94 bits per heavy atom. The van der Waals surface area contributed by atoms with E-state index in [1.807, 2.05) is 6.92 Å². The molecule has 3 heteroatoms. The molecule has 0 amide bonds. The fourth-order valence-corrected chi connectivity index (χ4v) is 2.08. The highest BCUT2D eigenvalue weighted by atomic mass is 79.9. The second-order valence-electron chi connectivity index (χ2n) is 3.71. The van der Waals surface area contributed by atoms with Crippen molar-refractivity contribution in [3.8, 4) is 5.75 Å². The van der Waals surface area contributed by atoms with Gasteiger partial charge >= 0.3 is 0 Å². The van der Waals surface area contributed by atoms with E-state index >= 15 is 0 Å². The summed E-state index contributed by atoms with van der Waals surface area (Å²) in [4.78, 5) is 0. The number of hydrogen-bond donors (Lipinski definition) is 0. The zero-order valence-electron chi connectivity index (χ0n) is 11.9. The van der Waals surface area contributed by atoms with Crippen molar-refractivity contribution >= 4 is 27.5 Å². The number of benzene rings is 2. The zero-order valence-corrected chi connectivity index (χ0v) is 12.3. The van der Waals surface area contributed by atoms with Gasteiger partial charge < -0.3 is 4.74 Å². The summed E-state index contributed by atoms with van der Waals surface area (Å²) in [7, 11) is 0. The van der Waals surface area contributed by atoms with Crippen LogP contribution in [-0.4, -0.2) is 6.61 Å². The van der Waals surface area contributed by atoms with Crippen LogP contribution < -0.4 is 4.74 Å². The molecule has 0 N–H and O–H groups in total. The Kier molecular flexibility index (Phi) is 3.79. The Bertz CT molecular complexity index is 599. The monoisotopic (exact) mass is 326 g/mol. The first kappa shape index (κ1) is 10.9. The van der Waals surface area contributed by atoms with Crippen molar-refractivity contribution in [1.29, 1.82) is 0 Å². The summed E-state index contributed by atoms with van der Waals surface area (Å²) in [6.45, 7) is 2.50. The molecule has 0 aliphatic heterocycles. The summed E-state index contributed by atoms with van der Waals surface area (Å²) < 4.78 is 22.8. The lowest BCUT2D eigenvalue weighted by atomic mass is 10.1. The van der Waals surface area contributed by atoms with Gasteiger partial charge in [-0.3, -0.25) is 0 Å². The maximum Gasteiger partial charge on any atom is 0.119 e. The minimum atomic E-state index is -1.66. The summed E-state index contributed by atoms with van der Waals surface area (Å²) in [5.41, 5.74) is 0.985. The molecule has 0 heterocycles. The van der Waals surface area contributed by atoms with E-state index < -0.39 is 6.37 Å². The summed E-state index contributed by atoms with van der Waals surface area (Å²) >= 11 is 9.47. The van der Waals surface area contributed by atoms with Crippen molar-refractivity contribution in [3.05, 3.63) is 63.1 Å². The normalized spacial score (nSPS) is 12.8. The maximum absolute atomic E-state index is 8.34. The van der Waals surface area contributed by atoms with Crippen molar-refractivity contribution in [1.82, 2.24) is 0 Å². The van der Waals surface area contributed by atoms with E-state index in [9.17, 15) is 0 Å². The third-order valence-electron chi connectivity index (χ3n) is 2.37. The second kappa shape index (κ2) is 6.26. The first-order valence-electron chi connectivity index (χ1n) is 6.64. The van der Waals surface area contributed by atoms with E-state index in [4.69, 9.17) is 19.1 Å². The number of halogens is 2. The average molecular weight is 328 g/mol. The van der Waals surface area contributed by atoms with Crippen molar-refractivity contribution in [2.75, 3.05) is 6.61 Å². The zero-order chi connectivity index (χ0) is 14.8. The van der Waals surface area contributed by atoms with E-state index in [1.54, 1.807) is 42.5 Å². The molecule has 0 fully saturated rings. The van der Waals surface area contributed by atoms with Crippen LogP contribution in [0, 0.1) is 0 Å². The standard InChI is InChI=1S/C15H14BrClO/c1-2-18-14-6-3-11(4-7-14)9-12-10-13(16)5-8-15(12)17/h3-8,10H,2,9H2,1H3/i9D2. The molecule has 0 atom stereocenters. The van der Waals surface area contributed by atoms with E-state index in [0.29, 0.717) is 22.8 Å². The summed E-state index contributed by atoms with van der Waals surface area (Å²) in [6, 6.07) is 12.2. The van der Waals surface area contributed by atoms with Gasteiger partial charge in [-0.1, -0.05) is 39.7 Å². The van der Waals surface area contributed by atoms with E-state index in [-0.39, 0.29) is 0 Å². The lowest BCUT2D eigenvalue weighted by Crippen LogP contribution is -1.93. The highest BCUT2D eigenvalue weighted by Gasteiger charge is 2.03. The molecule has 2 aromatic rings. The van der Waals surface area contributed by atoms with E-state index in [2.05, 4.69) is 15.9 Å². The highest BCUT2D eigenvalue weighted by molar-refractivity contribution is 9.10. The van der Waals surface area contributed by atoms with Crippen LogP contribution in [0.1, 0.15) is 20.8 Å². The first-order chi connectivity index (χ1) is 9.45. The van der Waals surface area contributed by atoms with Crippen LogP contribution in [0.25, 0.3) is 0 Å². The lowest BCUT2D eigenvalue weighted by Gasteiger charge is -2.07. The van der Waals surface area contributed by atoms with Gasteiger partial charge in [-0.05, 0) is 54.8 Å². The SMILES string of the molecule is [2H]C([2H])(c1ccc(OCC)cc1)c1cc(Br)ccc1Cl. The molecule has 0 saturated carbocycles. The second-order valence-corrected chi connectivity index (χ2v) is 5.03. The van der Waals surface area contributed by atoms with E-state index in [1.165, 1.54) is 0 Å². The number of hydrogen-bond acceptors (Lipinski definition) is 1. The van der Waals surface area contributed by atoms with Crippen LogP contribution in [0.2, 0.25) is 5.02 Å². The summed E-state index contributed by atoms with van der Waals surface area (Å²) in [6.07, 6.45) is -1.66. The van der Waals surface area contributed by atoms with Crippen molar-refractivity contribution in [2.24, 2.45) is 0 Å². The largest absolute Gasteiger partial charge is 0.494 e. The van der Waals surface area contributed by atoms with Gasteiger partial charge in [-0.2, -0.15) is 0 Å². The van der Waals surface area contributed by atoms with Gasteiger partial charge in [0.25, 0.3) is 0 Å². The van der Waals surface area contributed by atoms with Crippen molar-refractivity contribution in [2.45, 2.75) is 13.3 Å². The Hall–Kier alpha value is -0.990. The van der Waals surface area contributed by atoms with Gasteiger partial charge in [0.2, 0.25) is 0 Å². The molecule has 0 bridgehead atoms. The van der Waals surface area contributed by atoms with Crippen LogP contribution in [0.4, 0.5) is 0 Å². The molecular weight excluding hydrogens is 312 g/mol. The Morgan fingerprint density at radius 1 is 1.22 bits per heavy atom. The van der Waals surface area contributed by atoms with Crippen LogP contribution in [-0.2, 0) is 6.37 Å². The molecule has 0 unspecified atom stereocenters. The third-order valence-corrected chi connectivity index (χ3v) is 3.20. The molecule has 0 aromatic heterocycles. The van der Waals surface area contributed by atoms with Gasteiger partial charge in [0, 0.05) is 12.2 Å². The van der Waals surface area contributed by atoms with Gasteiger partial charge in [0.05, 0.1) is 6.61 Å². The van der Waals surface area contributed by atoms with Crippen molar-refractivity contribution in [3.63, 3.8) is 0 Å².